The van der Waals surface area contributed by atoms with E-state index in [1.807, 2.05) is 13.0 Å². The van der Waals surface area contributed by atoms with E-state index in [1.54, 1.807) is 13.3 Å². The lowest BCUT2D eigenvalue weighted by atomic mass is 10.3. The molecule has 1 aromatic heterocycles. The smallest absolute Gasteiger partial charge is 0.128 e. The van der Waals surface area contributed by atoms with Gasteiger partial charge in [-0.1, -0.05) is 0 Å². The summed E-state index contributed by atoms with van der Waals surface area (Å²) >= 11 is 3.38. The number of nitrogens with zero attached hydrogens (tertiary/aromatic N) is 1. The number of nitrogens with one attached hydrogen (secondary N) is 1. The van der Waals surface area contributed by atoms with Gasteiger partial charge in [-0.15, -0.1) is 0 Å². The average molecular weight is 259 g/mol. The van der Waals surface area contributed by atoms with Gasteiger partial charge < -0.3 is 10.1 Å². The van der Waals surface area contributed by atoms with Gasteiger partial charge in [0, 0.05) is 30.9 Å². The molecule has 1 rings (SSSR count). The molecule has 0 atom stereocenters. The van der Waals surface area contributed by atoms with Crippen LogP contribution in [0.2, 0.25) is 0 Å². The maximum absolute atomic E-state index is 4.96. The van der Waals surface area contributed by atoms with Crippen LogP contribution in [0.5, 0.6) is 0 Å². The Morgan fingerprint density at radius 2 is 2.36 bits per heavy atom. The molecule has 0 fully saturated rings. The second-order valence-electron chi connectivity index (χ2n) is 3.09. The van der Waals surface area contributed by atoms with E-state index in [9.17, 15) is 0 Å². The van der Waals surface area contributed by atoms with Crippen molar-refractivity contribution in [2.45, 2.75) is 13.3 Å². The van der Waals surface area contributed by atoms with Crippen LogP contribution in [0, 0.1) is 6.92 Å². The molecule has 0 saturated carbocycles. The molecule has 4 heteroatoms. The Morgan fingerprint density at radius 1 is 1.57 bits per heavy atom. The molecule has 0 unspecified atom stereocenters. The zero-order chi connectivity index (χ0) is 10.4. The van der Waals surface area contributed by atoms with Gasteiger partial charge >= 0.3 is 0 Å². The summed E-state index contributed by atoms with van der Waals surface area (Å²) in [6, 6.07) is 2.05. The summed E-state index contributed by atoms with van der Waals surface area (Å²) in [4.78, 5) is 4.28. The van der Waals surface area contributed by atoms with Crippen molar-refractivity contribution in [3.63, 3.8) is 0 Å². The number of rotatable bonds is 5. The van der Waals surface area contributed by atoms with Gasteiger partial charge in [-0.3, -0.25) is 0 Å². The number of methoxy groups -OCH3 is 1. The lowest BCUT2D eigenvalue weighted by Gasteiger charge is -2.07. The fraction of sp³-hybridized carbons (Fsp3) is 0.500. The molecule has 0 aliphatic heterocycles. The lowest BCUT2D eigenvalue weighted by Crippen LogP contribution is -2.07. The van der Waals surface area contributed by atoms with Crippen molar-refractivity contribution in [1.82, 2.24) is 4.98 Å². The van der Waals surface area contributed by atoms with Crippen LogP contribution < -0.4 is 5.32 Å². The number of aryl methyl sites for hydroxylation is 1. The Morgan fingerprint density at radius 3 is 3.00 bits per heavy atom. The first kappa shape index (κ1) is 11.5. The van der Waals surface area contributed by atoms with Crippen molar-refractivity contribution < 1.29 is 4.74 Å². The molecule has 1 N–H and O–H groups in total. The molecule has 0 saturated heterocycles. The first-order chi connectivity index (χ1) is 6.74. The van der Waals surface area contributed by atoms with Crippen molar-refractivity contribution in [2.75, 3.05) is 25.6 Å². The van der Waals surface area contributed by atoms with Gasteiger partial charge in [0.1, 0.15) is 5.82 Å². The second kappa shape index (κ2) is 5.98. The monoisotopic (exact) mass is 258 g/mol. The predicted molar refractivity (Wildman–Crippen MR) is 61.7 cm³/mol. The largest absolute Gasteiger partial charge is 0.385 e. The molecule has 14 heavy (non-hydrogen) atoms. The van der Waals surface area contributed by atoms with Gasteiger partial charge in [-0.25, -0.2) is 4.98 Å². The van der Waals surface area contributed by atoms with Crippen LogP contribution >= 0.6 is 15.9 Å². The number of aromatic nitrogens is 1. The molecule has 0 aliphatic carbocycles. The summed E-state index contributed by atoms with van der Waals surface area (Å²) in [6.07, 6.45) is 2.79. The Hall–Kier alpha value is -0.610. The summed E-state index contributed by atoms with van der Waals surface area (Å²) < 4.78 is 5.97. The minimum atomic E-state index is 0.780. The van der Waals surface area contributed by atoms with Gasteiger partial charge in [0.25, 0.3) is 0 Å². The van der Waals surface area contributed by atoms with Crippen molar-refractivity contribution in [1.29, 1.82) is 0 Å². The van der Waals surface area contributed by atoms with E-state index in [2.05, 4.69) is 26.2 Å². The highest BCUT2D eigenvalue weighted by atomic mass is 79.9. The maximum atomic E-state index is 4.96. The number of anilines is 1. The summed E-state index contributed by atoms with van der Waals surface area (Å²) in [5.41, 5.74) is 1.15. The second-order valence-corrected chi connectivity index (χ2v) is 4.01. The molecule has 0 aliphatic rings. The third kappa shape index (κ3) is 3.64. The third-order valence-electron chi connectivity index (χ3n) is 1.86. The molecule has 78 valence electrons. The Balaban J connectivity index is 2.42. The predicted octanol–water partition coefficient (Wildman–Crippen LogP) is 2.60. The van der Waals surface area contributed by atoms with Crippen LogP contribution in [0.3, 0.4) is 0 Å². The Labute approximate surface area is 93.0 Å². The highest BCUT2D eigenvalue weighted by Crippen LogP contribution is 2.16. The number of ether oxygens (including phenoxy) is 1. The average Bonchev–Trinajstić information content (AvgIpc) is 2.15. The van der Waals surface area contributed by atoms with E-state index in [4.69, 9.17) is 4.74 Å². The van der Waals surface area contributed by atoms with Gasteiger partial charge in [0.15, 0.2) is 0 Å². The van der Waals surface area contributed by atoms with Gasteiger partial charge in [-0.2, -0.15) is 0 Å². The topological polar surface area (TPSA) is 34.1 Å². The van der Waals surface area contributed by atoms with Crippen molar-refractivity contribution in [3.8, 4) is 0 Å². The number of hydrogen-bond acceptors (Lipinski definition) is 3. The SMILES string of the molecule is COCCCNc1ncc(Br)cc1C. The van der Waals surface area contributed by atoms with Crippen molar-refractivity contribution >= 4 is 21.7 Å². The molecule has 0 spiro atoms. The summed E-state index contributed by atoms with van der Waals surface area (Å²) in [5.74, 6) is 0.948. The molecule has 0 aromatic carbocycles. The maximum Gasteiger partial charge on any atom is 0.128 e. The first-order valence-electron chi connectivity index (χ1n) is 4.59. The molecule has 0 radical (unpaired) electrons. The molecule has 1 aromatic rings. The van der Waals surface area contributed by atoms with Crippen LogP contribution in [0.4, 0.5) is 5.82 Å². The van der Waals surface area contributed by atoms with Crippen molar-refractivity contribution in [3.05, 3.63) is 22.3 Å². The quantitative estimate of drug-likeness (QED) is 0.825. The van der Waals surface area contributed by atoms with E-state index >= 15 is 0 Å². The summed E-state index contributed by atoms with van der Waals surface area (Å²) in [5, 5.41) is 3.26. The third-order valence-corrected chi connectivity index (χ3v) is 2.30. The molecular weight excluding hydrogens is 244 g/mol. The zero-order valence-electron chi connectivity index (χ0n) is 8.51. The number of halogens is 1. The van der Waals surface area contributed by atoms with Crippen LogP contribution in [0.1, 0.15) is 12.0 Å². The van der Waals surface area contributed by atoms with E-state index in [1.165, 1.54) is 0 Å². The molecule has 3 nitrogen and oxygen atoms in total. The summed E-state index contributed by atoms with van der Waals surface area (Å²) in [7, 11) is 1.71. The van der Waals surface area contributed by atoms with Crippen molar-refractivity contribution in [2.24, 2.45) is 0 Å². The van der Waals surface area contributed by atoms with E-state index < -0.39 is 0 Å². The Bertz CT molecular complexity index is 291. The first-order valence-corrected chi connectivity index (χ1v) is 5.38. The van der Waals surface area contributed by atoms with Gasteiger partial charge in [0.2, 0.25) is 0 Å². The van der Waals surface area contributed by atoms with E-state index in [0.29, 0.717) is 0 Å². The summed E-state index contributed by atoms with van der Waals surface area (Å²) in [6.45, 7) is 3.71. The number of hydrogen-bond donors (Lipinski definition) is 1. The van der Waals surface area contributed by atoms with Crippen LogP contribution in [0.25, 0.3) is 0 Å². The molecular formula is C10H15BrN2O. The molecule has 0 amide bonds. The highest BCUT2D eigenvalue weighted by Gasteiger charge is 1.98. The zero-order valence-corrected chi connectivity index (χ0v) is 10.1. The minimum absolute atomic E-state index is 0.780. The molecule has 1 heterocycles. The van der Waals surface area contributed by atoms with Crippen LogP contribution in [-0.2, 0) is 4.74 Å². The van der Waals surface area contributed by atoms with Gasteiger partial charge in [-0.05, 0) is 40.9 Å². The Kier molecular flexibility index (Phi) is 4.90. The van der Waals surface area contributed by atoms with Crippen LogP contribution in [-0.4, -0.2) is 25.2 Å². The van der Waals surface area contributed by atoms with Gasteiger partial charge in [0.05, 0.1) is 0 Å². The lowest BCUT2D eigenvalue weighted by molar-refractivity contribution is 0.197. The highest BCUT2D eigenvalue weighted by molar-refractivity contribution is 9.10. The normalized spacial score (nSPS) is 10.2. The standard InChI is InChI=1S/C10H15BrN2O/c1-8-6-9(11)7-13-10(8)12-4-3-5-14-2/h6-7H,3-5H2,1-2H3,(H,12,13). The van der Waals surface area contributed by atoms with Crippen LogP contribution in [0.15, 0.2) is 16.7 Å². The fourth-order valence-corrected chi connectivity index (χ4v) is 1.59. The van der Waals surface area contributed by atoms with E-state index in [0.717, 1.165) is 35.4 Å². The fourth-order valence-electron chi connectivity index (χ4n) is 1.15. The molecule has 0 bridgehead atoms. The van der Waals surface area contributed by atoms with E-state index in [-0.39, 0.29) is 0 Å². The number of pyridine rings is 1. The minimum Gasteiger partial charge on any atom is -0.385 e.